The van der Waals surface area contributed by atoms with Crippen LogP contribution in [0.15, 0.2) is 299 Å². The van der Waals surface area contributed by atoms with Crippen molar-refractivity contribution in [2.75, 3.05) is 112 Å². The van der Waals surface area contributed by atoms with Crippen molar-refractivity contribution < 1.29 is 27.9 Å². The quantitative estimate of drug-likeness (QED) is 0.0266. The monoisotopic (exact) mass is 1910 g/mol. The first-order chi connectivity index (χ1) is 69.1. The van der Waals surface area contributed by atoms with Gasteiger partial charge in [0.25, 0.3) is 11.8 Å². The Bertz CT molecular complexity index is 7980. The molecule has 17 heterocycles. The summed E-state index contributed by atoms with van der Waals surface area (Å²) in [6.07, 6.45) is 17.0. The maximum atomic E-state index is 12.9. The number of nitrogens with two attached hydrogens (primary N) is 1. The molecule has 39 heteroatoms. The van der Waals surface area contributed by atoms with E-state index < -0.39 is 11.5 Å². The molecule has 0 aliphatic carbocycles. The number of pyridine rings is 5. The van der Waals surface area contributed by atoms with Crippen LogP contribution in [0, 0.1) is 12.8 Å². The molecule has 142 heavy (non-hydrogen) atoms. The zero-order valence-electron chi connectivity index (χ0n) is 78.0. The lowest BCUT2D eigenvalue weighted by Gasteiger charge is -2.32. The molecule has 5 aromatic carbocycles. The molecule has 20 aromatic rings. The normalized spacial score (nSPS) is 12.6. The van der Waals surface area contributed by atoms with Gasteiger partial charge in [0.1, 0.15) is 29.5 Å². The van der Waals surface area contributed by atoms with Gasteiger partial charge in [-0.2, -0.15) is 0 Å². The molecule has 2 aliphatic heterocycles. The Kier molecular flexibility index (Phi) is 29.1. The Labute approximate surface area is 815 Å². The van der Waals surface area contributed by atoms with E-state index in [-0.39, 0.29) is 11.8 Å². The molecular weight excluding hydrogens is 1820 g/mol. The van der Waals surface area contributed by atoms with E-state index in [9.17, 15) is 19.2 Å². The lowest BCUT2D eigenvalue weighted by molar-refractivity contribution is 0.0652. The number of likely N-dealkylation sites (N-methyl/N-ethyl adjacent to an activating group) is 2. The van der Waals surface area contributed by atoms with Crippen molar-refractivity contribution >= 4 is 141 Å². The van der Waals surface area contributed by atoms with Gasteiger partial charge >= 0.3 is 11.5 Å². The van der Waals surface area contributed by atoms with Crippen LogP contribution in [0.4, 0.5) is 63.3 Å². The van der Waals surface area contributed by atoms with Crippen molar-refractivity contribution in [1.29, 1.82) is 0 Å². The fourth-order valence-corrected chi connectivity index (χ4v) is 15.9. The lowest BCUT2D eigenvalue weighted by atomic mass is 10.2. The molecule has 2 fully saturated rings. The van der Waals surface area contributed by atoms with E-state index in [0.717, 1.165) is 170 Å². The second kappa shape index (κ2) is 43.8. The van der Waals surface area contributed by atoms with E-state index in [1.807, 2.05) is 194 Å². The van der Waals surface area contributed by atoms with Crippen LogP contribution in [-0.2, 0) is 0 Å². The SMILES string of the molecule is C=C(C)COc1ccnc(-c2ccnc(Nc3ccc4[nH]c(C(=O)N5CCN(C)CC5)cc4c3)n2)c1.CC(C)COc1ccnc(-c2ccnc(Nc3ccc4[nH]c(C(=O)N5CCN(C)CC5)cc4c3)n2)c1.Cc1cc(Nc2nccc(-c3ccccn3)n2)cc2oc(=O)[nH]c12.Nc1nc2ccc(Nc3nccc(-c4ccccn4)n3)cc2s1.O=c1[nH]c2cc(Nc3nccc(-c4ccccn4)n3)ccc2o1. The molecular formula is C103H96N30O8S. The van der Waals surface area contributed by atoms with Crippen LogP contribution >= 0.6 is 11.3 Å². The topological polar surface area (TPSA) is 482 Å². The molecule has 0 saturated carbocycles. The number of oxazole rings is 2. The zero-order valence-corrected chi connectivity index (χ0v) is 78.8. The molecule has 2 aliphatic rings. The molecule has 2 amide bonds. The molecule has 0 spiro atoms. The number of ether oxygens (including phenoxy) is 2. The van der Waals surface area contributed by atoms with Crippen molar-refractivity contribution in [2.45, 2.75) is 27.7 Å². The van der Waals surface area contributed by atoms with Crippen LogP contribution in [0.5, 0.6) is 11.5 Å². The largest absolute Gasteiger partial charge is 0.493 e. The summed E-state index contributed by atoms with van der Waals surface area (Å²) in [5, 5.41) is 18.4. The molecule has 0 radical (unpaired) electrons. The highest BCUT2D eigenvalue weighted by Crippen LogP contribution is 2.33. The first-order valence-electron chi connectivity index (χ1n) is 45.3. The Balaban J connectivity index is 0.000000119. The van der Waals surface area contributed by atoms with Crippen molar-refractivity contribution in [2.24, 2.45) is 5.92 Å². The smallest absolute Gasteiger partial charge is 0.417 e. The molecule has 2 saturated heterocycles. The molecule has 0 unspecified atom stereocenters. The first kappa shape index (κ1) is 94.1. The van der Waals surface area contributed by atoms with Gasteiger partial charge < -0.3 is 80.2 Å². The summed E-state index contributed by atoms with van der Waals surface area (Å²) in [4.78, 5) is 139. The van der Waals surface area contributed by atoms with Crippen molar-refractivity contribution in [1.82, 2.24) is 119 Å². The van der Waals surface area contributed by atoms with Crippen LogP contribution in [-0.4, -0.2) is 211 Å². The maximum Gasteiger partial charge on any atom is 0.417 e. The molecule has 0 atom stereocenters. The van der Waals surface area contributed by atoms with Gasteiger partial charge in [-0.15, -0.1) is 0 Å². The summed E-state index contributed by atoms with van der Waals surface area (Å²) in [5.41, 5.74) is 25.1. The van der Waals surface area contributed by atoms with Gasteiger partial charge in [-0.3, -0.25) is 44.5 Å². The number of hydrogen-bond donors (Lipinski definition) is 10. The zero-order chi connectivity index (χ0) is 98.0. The third kappa shape index (κ3) is 24.4. The number of carbonyl (C=O) groups is 2. The van der Waals surface area contributed by atoms with Crippen LogP contribution < -0.4 is 53.3 Å². The Morgan fingerprint density at radius 3 is 1.27 bits per heavy atom. The summed E-state index contributed by atoms with van der Waals surface area (Å²) < 4.78 is 22.7. The average Bonchev–Trinajstić information content (AvgIpc) is 1.67. The number of H-pyrrole nitrogens is 4. The summed E-state index contributed by atoms with van der Waals surface area (Å²) in [5.74, 6) is 3.34. The number of hydrogen-bond acceptors (Lipinski definition) is 33. The molecule has 712 valence electrons. The standard InChI is InChI=1S/C27H31N7O2.C27H29N7O2.C17H13N5O2.C16H12N6S.C16H11N5O2/c2*1-18(2)17-36-21-6-8-28-24(16-21)23-7-9-29-27(32-23)30-20-4-5-22-19(14-20)15-25(31-22)26(35)34-12-10-33(3)11-13-34;1-10-8-11(9-14-15(10)22-17(23)24-14)20-16-19-7-5-13(21-16)12-4-2-3-6-18-12;17-15-21-13-5-4-10(9-14(13)23-15)20-16-19-8-6-12(22-16)11-3-1-2-7-18-11;22-16-21-13-9-10(4-5-14(13)23-16)19-15-18-8-6-12(20-15)11-3-1-2-7-17-11/h4-9,14-16,18,31H,10-13,17H2,1-3H3,(H,29,30,32);4-9,14-16,31H,1,10-13,17H2,2-3H3,(H,29,30,32);2-9H,1H3,(H,22,23)(H,19,20,21);1-9H,(H2,17,21)(H,19,20,22);1-9H,(H,21,22)(H,18,19,20). The second-order valence-electron chi connectivity index (χ2n) is 33.6. The number of aromatic amines is 4. The van der Waals surface area contributed by atoms with Crippen molar-refractivity contribution in [3.05, 3.63) is 318 Å². The highest BCUT2D eigenvalue weighted by atomic mass is 32.1. The first-order valence-corrected chi connectivity index (χ1v) is 46.2. The number of piperazine rings is 2. The number of aromatic nitrogens is 20. The summed E-state index contributed by atoms with van der Waals surface area (Å²) >= 11 is 1.45. The van der Waals surface area contributed by atoms with Gasteiger partial charge in [0, 0.05) is 183 Å². The van der Waals surface area contributed by atoms with E-state index in [1.165, 1.54) is 11.3 Å². The Morgan fingerprint density at radius 1 is 0.408 bits per heavy atom. The summed E-state index contributed by atoms with van der Waals surface area (Å²) in [7, 11) is 4.15. The highest BCUT2D eigenvalue weighted by Gasteiger charge is 2.25. The van der Waals surface area contributed by atoms with Gasteiger partial charge in [0.15, 0.2) is 16.3 Å². The van der Waals surface area contributed by atoms with Gasteiger partial charge in [-0.05, 0) is 215 Å². The number of nitrogen functional groups attached to an aromatic ring is 1. The lowest BCUT2D eigenvalue weighted by Crippen LogP contribution is -2.47. The molecule has 22 rings (SSSR count). The van der Waals surface area contributed by atoms with Crippen LogP contribution in [0.25, 0.3) is 111 Å². The fourth-order valence-electron chi connectivity index (χ4n) is 15.1. The number of nitrogens with one attached hydrogen (secondary N) is 9. The molecule has 0 bridgehead atoms. The van der Waals surface area contributed by atoms with E-state index in [4.69, 9.17) is 24.0 Å². The number of nitrogens with zero attached hydrogens (tertiary/aromatic N) is 20. The van der Waals surface area contributed by atoms with Crippen LogP contribution in [0.1, 0.15) is 47.3 Å². The minimum atomic E-state index is -0.481. The Morgan fingerprint density at radius 2 is 0.817 bits per heavy atom. The summed E-state index contributed by atoms with van der Waals surface area (Å²) in [6, 6.07) is 63.7. The highest BCUT2D eigenvalue weighted by molar-refractivity contribution is 7.22. The maximum absolute atomic E-state index is 12.9. The fraction of sp³-hybridized carbons (Fsp3) is 0.165. The van der Waals surface area contributed by atoms with Gasteiger partial charge in [-0.1, -0.05) is 50.0 Å². The number of benzene rings is 5. The number of rotatable bonds is 23. The van der Waals surface area contributed by atoms with Gasteiger partial charge in [0.2, 0.25) is 29.7 Å². The number of amides is 2. The number of fused-ring (bicyclic) bond motifs is 5. The van der Waals surface area contributed by atoms with Crippen molar-refractivity contribution in [3.8, 4) is 68.4 Å². The number of thiazole rings is 1. The third-order valence-electron chi connectivity index (χ3n) is 22.2. The van der Waals surface area contributed by atoms with Crippen molar-refractivity contribution in [3.63, 3.8) is 0 Å². The Hall–Kier alpha value is -18.2. The van der Waals surface area contributed by atoms with Gasteiger partial charge in [0.05, 0.1) is 84.8 Å². The van der Waals surface area contributed by atoms with E-state index in [2.05, 4.69) is 171 Å². The van der Waals surface area contributed by atoms with Crippen LogP contribution in [0.3, 0.4) is 0 Å². The second-order valence-corrected chi connectivity index (χ2v) is 34.7. The number of carbonyl (C=O) groups excluding carboxylic acids is 2. The predicted octanol–water partition coefficient (Wildman–Crippen LogP) is 17.5. The van der Waals surface area contributed by atoms with Gasteiger partial charge in [-0.25, -0.2) is 64.4 Å². The van der Waals surface area contributed by atoms with Crippen LogP contribution in [0.2, 0.25) is 0 Å². The molecule has 38 nitrogen and oxygen atoms in total. The average molecular weight is 1910 g/mol. The van der Waals surface area contributed by atoms with E-state index in [0.29, 0.717) is 110 Å². The molecule has 15 aromatic heterocycles. The third-order valence-corrected chi connectivity index (χ3v) is 23.1. The molecule has 11 N–H and O–H groups in total. The minimum Gasteiger partial charge on any atom is -0.493 e. The number of anilines is 11. The minimum absolute atomic E-state index is 0.0341. The van der Waals surface area contributed by atoms with E-state index >= 15 is 0 Å². The number of aryl methyl sites for hydroxylation is 1. The predicted molar refractivity (Wildman–Crippen MR) is 549 cm³/mol. The van der Waals surface area contributed by atoms with E-state index in [1.54, 1.807) is 98.4 Å². The summed E-state index contributed by atoms with van der Waals surface area (Å²) in [6.45, 7) is 19.5.